The fourth-order valence-corrected chi connectivity index (χ4v) is 2.68. The zero-order valence-corrected chi connectivity index (χ0v) is 12.6. The van der Waals surface area contributed by atoms with Crippen LogP contribution in [0.25, 0.3) is 0 Å². The van der Waals surface area contributed by atoms with Gasteiger partial charge in [0.25, 0.3) is 0 Å². The molecule has 1 aliphatic heterocycles. The maximum absolute atomic E-state index is 6.22. The molecule has 100 valence electrons. The van der Waals surface area contributed by atoms with Gasteiger partial charge in [0.15, 0.2) is 0 Å². The summed E-state index contributed by atoms with van der Waals surface area (Å²) in [6, 6.07) is 1.91. The van der Waals surface area contributed by atoms with Crippen molar-refractivity contribution in [2.24, 2.45) is 0 Å². The lowest BCUT2D eigenvalue weighted by Crippen LogP contribution is -2.49. The minimum absolute atomic E-state index is 0.153. The third kappa shape index (κ3) is 2.85. The Morgan fingerprint density at radius 1 is 1.39 bits per heavy atom. The van der Waals surface area contributed by atoms with E-state index in [-0.39, 0.29) is 17.3 Å². The van der Waals surface area contributed by atoms with Gasteiger partial charge in [0.2, 0.25) is 0 Å². The molecule has 18 heavy (non-hydrogen) atoms. The third-order valence-electron chi connectivity index (χ3n) is 3.08. The van der Waals surface area contributed by atoms with Gasteiger partial charge >= 0.3 is 0 Å². The van der Waals surface area contributed by atoms with Gasteiger partial charge in [0.1, 0.15) is 11.0 Å². The van der Waals surface area contributed by atoms with E-state index < -0.39 is 0 Å². The van der Waals surface area contributed by atoms with Gasteiger partial charge < -0.3 is 9.64 Å². The lowest BCUT2D eigenvalue weighted by molar-refractivity contribution is 0.0296. The highest BCUT2D eigenvalue weighted by molar-refractivity contribution is 6.42. The second-order valence-electron chi connectivity index (χ2n) is 4.42. The summed E-state index contributed by atoms with van der Waals surface area (Å²) >= 11 is 18.1. The lowest BCUT2D eigenvalue weighted by Gasteiger charge is -2.39. The minimum atomic E-state index is 0.153. The van der Waals surface area contributed by atoms with E-state index in [1.807, 2.05) is 6.92 Å². The summed E-state index contributed by atoms with van der Waals surface area (Å²) in [5, 5.41) is 1.18. The van der Waals surface area contributed by atoms with E-state index >= 15 is 0 Å². The van der Waals surface area contributed by atoms with Crippen LogP contribution in [-0.2, 0) is 4.74 Å². The Bertz CT molecular complexity index is 442. The van der Waals surface area contributed by atoms with Crippen LogP contribution in [0.4, 0.5) is 5.82 Å². The van der Waals surface area contributed by atoms with Gasteiger partial charge in [-0.2, -0.15) is 0 Å². The summed E-state index contributed by atoms with van der Waals surface area (Å²) in [5.41, 5.74) is 0. The summed E-state index contributed by atoms with van der Waals surface area (Å²) in [7, 11) is 0. The maximum atomic E-state index is 6.22. The Morgan fingerprint density at radius 2 is 2.11 bits per heavy atom. The SMILES string of the molecule is CCC1COC(C)CN1c1nc(Cl)c(Cl)cc1Cl. The van der Waals surface area contributed by atoms with Crippen molar-refractivity contribution in [2.75, 3.05) is 18.1 Å². The lowest BCUT2D eigenvalue weighted by atomic mass is 10.1. The predicted molar refractivity (Wildman–Crippen MR) is 76.1 cm³/mol. The Labute approximate surface area is 122 Å². The van der Waals surface area contributed by atoms with Gasteiger partial charge in [0.05, 0.1) is 28.8 Å². The van der Waals surface area contributed by atoms with E-state index in [0.29, 0.717) is 22.5 Å². The van der Waals surface area contributed by atoms with Crippen molar-refractivity contribution in [2.45, 2.75) is 32.4 Å². The summed E-state index contributed by atoms with van der Waals surface area (Å²) in [6.45, 7) is 5.58. The predicted octanol–water partition coefficient (Wildman–Crippen LogP) is 4.05. The highest BCUT2D eigenvalue weighted by Crippen LogP contribution is 2.33. The number of aromatic nitrogens is 1. The third-order valence-corrected chi connectivity index (χ3v) is 4.03. The molecular formula is C12H15Cl3N2O. The number of halogens is 3. The number of pyridine rings is 1. The number of hydrogen-bond donors (Lipinski definition) is 0. The van der Waals surface area contributed by atoms with Crippen molar-refractivity contribution < 1.29 is 4.74 Å². The van der Waals surface area contributed by atoms with Gasteiger partial charge in [-0.25, -0.2) is 4.98 Å². The van der Waals surface area contributed by atoms with Crippen LogP contribution >= 0.6 is 34.8 Å². The van der Waals surface area contributed by atoms with Crippen LogP contribution in [0.2, 0.25) is 15.2 Å². The van der Waals surface area contributed by atoms with Gasteiger partial charge in [-0.1, -0.05) is 41.7 Å². The fourth-order valence-electron chi connectivity index (χ4n) is 2.08. The first kappa shape index (κ1) is 14.2. The van der Waals surface area contributed by atoms with Gasteiger partial charge in [0, 0.05) is 6.54 Å². The molecule has 6 heteroatoms. The molecule has 0 amide bonds. The molecule has 1 aliphatic rings. The Kier molecular flexibility index (Phi) is 4.59. The van der Waals surface area contributed by atoms with E-state index in [0.717, 1.165) is 13.0 Å². The summed E-state index contributed by atoms with van der Waals surface area (Å²) in [4.78, 5) is 6.45. The fraction of sp³-hybridized carbons (Fsp3) is 0.583. The molecule has 0 spiro atoms. The van der Waals surface area contributed by atoms with E-state index in [2.05, 4.69) is 16.8 Å². The average Bonchev–Trinajstić information content (AvgIpc) is 2.34. The molecule has 2 rings (SSSR count). The number of nitrogens with zero attached hydrogens (tertiary/aromatic N) is 2. The zero-order chi connectivity index (χ0) is 13.3. The van der Waals surface area contributed by atoms with Crippen LogP contribution < -0.4 is 4.90 Å². The maximum Gasteiger partial charge on any atom is 0.150 e. The van der Waals surface area contributed by atoms with Crippen LogP contribution in [0.3, 0.4) is 0 Å². The molecule has 0 saturated carbocycles. The Hall–Kier alpha value is -0.220. The molecular weight excluding hydrogens is 295 g/mol. The van der Waals surface area contributed by atoms with E-state index in [4.69, 9.17) is 39.5 Å². The monoisotopic (exact) mass is 308 g/mol. The molecule has 1 saturated heterocycles. The first-order valence-corrected chi connectivity index (χ1v) is 7.06. The molecule has 1 aromatic rings. The van der Waals surface area contributed by atoms with Crippen LogP contribution in [0.5, 0.6) is 0 Å². The van der Waals surface area contributed by atoms with Crippen molar-refractivity contribution in [3.63, 3.8) is 0 Å². The molecule has 0 aliphatic carbocycles. The molecule has 3 nitrogen and oxygen atoms in total. The quantitative estimate of drug-likeness (QED) is 0.771. The highest BCUT2D eigenvalue weighted by atomic mass is 35.5. The van der Waals surface area contributed by atoms with Crippen molar-refractivity contribution in [1.82, 2.24) is 4.98 Å². The smallest absolute Gasteiger partial charge is 0.150 e. The van der Waals surface area contributed by atoms with Crippen LogP contribution in [0, 0.1) is 0 Å². The average molecular weight is 310 g/mol. The number of anilines is 1. The molecule has 1 fully saturated rings. The van der Waals surface area contributed by atoms with E-state index in [9.17, 15) is 0 Å². The topological polar surface area (TPSA) is 25.4 Å². The second-order valence-corrected chi connectivity index (χ2v) is 5.60. The van der Waals surface area contributed by atoms with Crippen LogP contribution in [-0.4, -0.2) is 30.3 Å². The molecule has 0 aromatic carbocycles. The van der Waals surface area contributed by atoms with Crippen molar-refractivity contribution in [3.05, 3.63) is 21.3 Å². The minimum Gasteiger partial charge on any atom is -0.375 e. The van der Waals surface area contributed by atoms with Crippen molar-refractivity contribution >= 4 is 40.6 Å². The van der Waals surface area contributed by atoms with Crippen LogP contribution in [0.15, 0.2) is 6.07 Å². The van der Waals surface area contributed by atoms with E-state index in [1.54, 1.807) is 6.07 Å². The summed E-state index contributed by atoms with van der Waals surface area (Å²) < 4.78 is 5.66. The summed E-state index contributed by atoms with van der Waals surface area (Å²) in [5.74, 6) is 0.688. The highest BCUT2D eigenvalue weighted by Gasteiger charge is 2.28. The normalized spacial score (nSPS) is 24.4. The molecule has 2 atom stereocenters. The van der Waals surface area contributed by atoms with E-state index in [1.165, 1.54) is 0 Å². The Morgan fingerprint density at radius 3 is 2.78 bits per heavy atom. The molecule has 2 heterocycles. The number of morpholine rings is 1. The largest absolute Gasteiger partial charge is 0.375 e. The number of rotatable bonds is 2. The molecule has 0 bridgehead atoms. The van der Waals surface area contributed by atoms with Gasteiger partial charge in [-0.15, -0.1) is 0 Å². The first-order valence-electron chi connectivity index (χ1n) is 5.92. The number of hydrogen-bond acceptors (Lipinski definition) is 3. The first-order chi connectivity index (χ1) is 8.52. The zero-order valence-electron chi connectivity index (χ0n) is 10.3. The second kappa shape index (κ2) is 5.83. The number of ether oxygens (including phenoxy) is 1. The van der Waals surface area contributed by atoms with Gasteiger partial charge in [-0.05, 0) is 19.4 Å². The molecule has 2 unspecified atom stereocenters. The molecule has 1 aromatic heterocycles. The molecule has 0 N–H and O–H groups in total. The van der Waals surface area contributed by atoms with Crippen molar-refractivity contribution in [3.8, 4) is 0 Å². The standard InChI is InChI=1S/C12H15Cl3N2O/c1-3-8-6-18-7(2)5-17(8)12-10(14)4-9(13)11(15)16-12/h4,7-8H,3,5-6H2,1-2H3. The summed E-state index contributed by atoms with van der Waals surface area (Å²) in [6.07, 6.45) is 1.12. The van der Waals surface area contributed by atoms with Crippen LogP contribution in [0.1, 0.15) is 20.3 Å². The van der Waals surface area contributed by atoms with Crippen molar-refractivity contribution in [1.29, 1.82) is 0 Å². The van der Waals surface area contributed by atoms with Gasteiger partial charge in [-0.3, -0.25) is 0 Å². The molecule has 0 radical (unpaired) electrons. The Balaban J connectivity index is 2.36.